The Morgan fingerprint density at radius 3 is 2.65 bits per heavy atom. The summed E-state index contributed by atoms with van der Waals surface area (Å²) in [6.07, 6.45) is 6.29. The molecule has 3 fully saturated rings. The van der Waals surface area contributed by atoms with Crippen molar-refractivity contribution in [2.75, 3.05) is 7.11 Å². The van der Waals surface area contributed by atoms with Crippen LogP contribution in [0.5, 0.6) is 0 Å². The molecule has 2 saturated heterocycles. The second-order valence-electron chi connectivity index (χ2n) is 11.2. The molecule has 0 aromatic carbocycles. The summed E-state index contributed by atoms with van der Waals surface area (Å²) in [6.45, 7) is 7.96. The van der Waals surface area contributed by atoms with E-state index in [4.69, 9.17) is 18.6 Å². The van der Waals surface area contributed by atoms with Crippen LogP contribution in [-0.4, -0.2) is 43.1 Å². The molecule has 5 aliphatic rings. The number of fused-ring (bicyclic) bond motifs is 4. The highest BCUT2D eigenvalue weighted by atomic mass is 16.6. The van der Waals surface area contributed by atoms with E-state index in [2.05, 4.69) is 13.8 Å². The summed E-state index contributed by atoms with van der Waals surface area (Å²) in [6, 6.07) is 1.97. The van der Waals surface area contributed by atoms with Crippen molar-refractivity contribution in [3.63, 3.8) is 0 Å². The van der Waals surface area contributed by atoms with Gasteiger partial charge in [0.15, 0.2) is 5.78 Å². The predicted octanol–water partition coefficient (Wildman–Crippen LogP) is 3.74. The molecule has 7 nitrogen and oxygen atoms in total. The lowest BCUT2D eigenvalue weighted by Gasteiger charge is -2.59. The van der Waals surface area contributed by atoms with E-state index in [1.165, 1.54) is 18.8 Å². The normalized spacial score (nSPS) is 46.3. The molecule has 0 spiro atoms. The number of carbonyl (C=O) groups excluding carboxylic acids is 3. The molecule has 180 valence electrons. The van der Waals surface area contributed by atoms with Gasteiger partial charge in [0.2, 0.25) is 0 Å². The van der Waals surface area contributed by atoms with Crippen LogP contribution >= 0.6 is 0 Å². The van der Waals surface area contributed by atoms with Gasteiger partial charge >= 0.3 is 11.9 Å². The Morgan fingerprint density at radius 1 is 1.21 bits per heavy atom. The first-order valence-corrected chi connectivity index (χ1v) is 12.0. The van der Waals surface area contributed by atoms with Gasteiger partial charge in [0.1, 0.15) is 12.2 Å². The molecule has 1 aromatic heterocycles. The molecular weight excluding hydrogens is 436 g/mol. The third-order valence-electron chi connectivity index (χ3n) is 9.91. The number of allylic oxidation sites excluding steroid dienone is 2. The minimum atomic E-state index is -0.987. The Kier molecular flexibility index (Phi) is 4.31. The molecule has 9 atom stereocenters. The molecule has 3 heterocycles. The van der Waals surface area contributed by atoms with Gasteiger partial charge in [-0.05, 0) is 49.5 Å². The van der Waals surface area contributed by atoms with E-state index in [1.54, 1.807) is 18.6 Å². The standard InChI is InChI=1S/C27H30O7/c1-13-15(14-7-9-32-12-14)10-16-20(13)27(4)17(11-19(29)31-5)26(3)18(28)6-8-25(2)22(26)21(23(27)33-16)34-24(25)30/h6-9,12,15-17,21-23H,10-11H2,1-5H3/t15?,16?,17-,21-,22?,23?,25-,26+,27-/m1/s1. The van der Waals surface area contributed by atoms with Gasteiger partial charge in [-0.25, -0.2) is 0 Å². The van der Waals surface area contributed by atoms with Crippen LogP contribution in [0, 0.1) is 28.1 Å². The number of furan rings is 1. The zero-order valence-electron chi connectivity index (χ0n) is 20.1. The Bertz CT molecular complexity index is 1160. The number of methoxy groups -OCH3 is 1. The summed E-state index contributed by atoms with van der Waals surface area (Å²) in [7, 11) is 1.37. The van der Waals surface area contributed by atoms with E-state index >= 15 is 0 Å². The van der Waals surface area contributed by atoms with E-state index in [9.17, 15) is 14.4 Å². The zero-order valence-corrected chi connectivity index (χ0v) is 20.1. The summed E-state index contributed by atoms with van der Waals surface area (Å²) in [4.78, 5) is 39.6. The van der Waals surface area contributed by atoms with Crippen molar-refractivity contribution < 1.29 is 33.0 Å². The first-order valence-electron chi connectivity index (χ1n) is 12.0. The number of carbonyl (C=O) groups is 3. The maximum atomic E-state index is 13.7. The molecule has 1 aromatic rings. The molecule has 0 bridgehead atoms. The Balaban J connectivity index is 1.58. The van der Waals surface area contributed by atoms with Gasteiger partial charge < -0.3 is 18.6 Å². The van der Waals surface area contributed by atoms with Gasteiger partial charge in [-0.15, -0.1) is 0 Å². The Morgan fingerprint density at radius 2 is 1.97 bits per heavy atom. The van der Waals surface area contributed by atoms with E-state index in [1.807, 2.05) is 19.9 Å². The quantitative estimate of drug-likeness (QED) is 0.495. The Labute approximate surface area is 198 Å². The van der Waals surface area contributed by atoms with Crippen molar-refractivity contribution >= 4 is 17.7 Å². The van der Waals surface area contributed by atoms with E-state index < -0.39 is 40.3 Å². The summed E-state index contributed by atoms with van der Waals surface area (Å²) in [5.41, 5.74) is 0.794. The van der Waals surface area contributed by atoms with Gasteiger partial charge in [-0.2, -0.15) is 0 Å². The minimum absolute atomic E-state index is 0.0658. The van der Waals surface area contributed by atoms with Gasteiger partial charge in [-0.3, -0.25) is 14.4 Å². The van der Waals surface area contributed by atoms with Crippen LogP contribution in [0.2, 0.25) is 0 Å². The topological polar surface area (TPSA) is 92.0 Å². The maximum absolute atomic E-state index is 13.7. The van der Waals surface area contributed by atoms with Crippen LogP contribution in [0.25, 0.3) is 0 Å². The molecular formula is C27H30O7. The molecule has 6 rings (SSSR count). The van der Waals surface area contributed by atoms with E-state index in [0.717, 1.165) is 17.6 Å². The fourth-order valence-corrected chi connectivity index (χ4v) is 8.41. The molecule has 1 saturated carbocycles. The summed E-state index contributed by atoms with van der Waals surface area (Å²) < 4.78 is 23.2. The lowest BCUT2D eigenvalue weighted by atomic mass is 9.42. The van der Waals surface area contributed by atoms with Gasteiger partial charge in [-0.1, -0.05) is 25.5 Å². The molecule has 2 aliphatic heterocycles. The van der Waals surface area contributed by atoms with Crippen LogP contribution in [0.1, 0.15) is 52.0 Å². The maximum Gasteiger partial charge on any atom is 0.316 e. The summed E-state index contributed by atoms with van der Waals surface area (Å²) in [5.74, 6) is -1.46. The third-order valence-corrected chi connectivity index (χ3v) is 9.91. The highest BCUT2D eigenvalue weighted by Crippen LogP contribution is 2.72. The largest absolute Gasteiger partial charge is 0.472 e. The van der Waals surface area contributed by atoms with E-state index in [-0.39, 0.29) is 36.2 Å². The number of hydrogen-bond donors (Lipinski definition) is 0. The molecule has 3 aliphatic carbocycles. The molecule has 0 radical (unpaired) electrons. The van der Waals surface area contributed by atoms with Crippen LogP contribution in [0.3, 0.4) is 0 Å². The lowest BCUT2D eigenvalue weighted by Crippen LogP contribution is -2.66. The van der Waals surface area contributed by atoms with Crippen LogP contribution in [0.4, 0.5) is 0 Å². The third kappa shape index (κ3) is 2.34. The monoisotopic (exact) mass is 466 g/mol. The molecule has 34 heavy (non-hydrogen) atoms. The minimum Gasteiger partial charge on any atom is -0.472 e. The first-order chi connectivity index (χ1) is 16.1. The fourth-order valence-electron chi connectivity index (χ4n) is 8.41. The van der Waals surface area contributed by atoms with Crippen molar-refractivity contribution in [2.45, 2.75) is 64.8 Å². The predicted molar refractivity (Wildman–Crippen MR) is 119 cm³/mol. The first kappa shape index (κ1) is 21.8. The van der Waals surface area contributed by atoms with Gasteiger partial charge in [0.25, 0.3) is 0 Å². The fraction of sp³-hybridized carbons (Fsp3) is 0.593. The molecule has 0 N–H and O–H groups in total. The number of ether oxygens (including phenoxy) is 3. The van der Waals surface area contributed by atoms with Crippen LogP contribution in [-0.2, 0) is 28.6 Å². The summed E-state index contributed by atoms with van der Waals surface area (Å²) in [5, 5.41) is 0. The molecule has 7 heteroatoms. The zero-order chi connectivity index (χ0) is 24.2. The Hall–Kier alpha value is -2.67. The van der Waals surface area contributed by atoms with Gasteiger partial charge in [0, 0.05) is 22.7 Å². The number of esters is 2. The number of ketones is 1. The second-order valence-corrected chi connectivity index (χ2v) is 11.2. The highest BCUT2D eigenvalue weighted by molar-refractivity contribution is 6.00. The SMILES string of the molecule is COC(=O)C[C@@H]1[C@@]2(C)C(=O)C=C[C@@]3(C)C(=O)O[C@H](C32)C2OC3CC(c4ccoc4)C(C)=C3[C@]21C. The van der Waals surface area contributed by atoms with Crippen molar-refractivity contribution in [1.29, 1.82) is 0 Å². The average molecular weight is 467 g/mol. The molecule has 0 amide bonds. The second kappa shape index (κ2) is 6.72. The van der Waals surface area contributed by atoms with Crippen molar-refractivity contribution in [2.24, 2.45) is 28.1 Å². The lowest BCUT2D eigenvalue weighted by molar-refractivity contribution is -0.190. The number of rotatable bonds is 3. The van der Waals surface area contributed by atoms with Gasteiger partial charge in [0.05, 0.1) is 37.6 Å². The van der Waals surface area contributed by atoms with Crippen molar-refractivity contribution in [3.05, 3.63) is 47.5 Å². The number of hydrogen-bond acceptors (Lipinski definition) is 7. The van der Waals surface area contributed by atoms with Crippen molar-refractivity contribution in [3.8, 4) is 0 Å². The summed E-state index contributed by atoms with van der Waals surface area (Å²) >= 11 is 0. The highest BCUT2D eigenvalue weighted by Gasteiger charge is 2.77. The van der Waals surface area contributed by atoms with Crippen LogP contribution < -0.4 is 0 Å². The van der Waals surface area contributed by atoms with E-state index in [0.29, 0.717) is 0 Å². The smallest absolute Gasteiger partial charge is 0.316 e. The van der Waals surface area contributed by atoms with Crippen LogP contribution in [0.15, 0.2) is 46.3 Å². The molecule has 4 unspecified atom stereocenters. The van der Waals surface area contributed by atoms with Crippen molar-refractivity contribution in [1.82, 2.24) is 0 Å². The average Bonchev–Trinajstić information content (AvgIpc) is 3.54.